The molecule has 0 aliphatic heterocycles. The molecule has 0 fully saturated rings. The molecule has 0 aromatic heterocycles. The van der Waals surface area contributed by atoms with Gasteiger partial charge in [-0.2, -0.15) is 0 Å². The first-order valence-electron chi connectivity index (χ1n) is 6.54. The molecule has 0 amide bonds. The van der Waals surface area contributed by atoms with Crippen LogP contribution in [0.15, 0.2) is 0 Å². The Morgan fingerprint density at radius 1 is 1.25 bits per heavy atom. The predicted molar refractivity (Wildman–Crippen MR) is 67.3 cm³/mol. The number of carboxylic acid groups (broad SMARTS) is 1. The number of nitrogens with two attached hydrogens (primary N) is 1. The molecule has 0 aromatic carbocycles. The number of aliphatic carboxylic acids is 1. The van der Waals surface area contributed by atoms with Crippen LogP contribution in [0, 0.1) is 11.8 Å². The first-order valence-corrected chi connectivity index (χ1v) is 6.54. The van der Waals surface area contributed by atoms with Crippen molar-refractivity contribution in [3.8, 4) is 0 Å². The zero-order chi connectivity index (χ0) is 12.6. The van der Waals surface area contributed by atoms with Gasteiger partial charge in [0.1, 0.15) is 0 Å². The smallest absolute Gasteiger partial charge is 0.304 e. The number of unbranched alkanes of at least 4 members (excludes halogenated alkanes) is 1. The van der Waals surface area contributed by atoms with Gasteiger partial charge in [0.05, 0.1) is 6.42 Å². The number of hydrogen-bond donors (Lipinski definition) is 2. The molecule has 3 unspecified atom stereocenters. The molecular formula is C13H27NO2. The molecule has 0 saturated carbocycles. The van der Waals surface area contributed by atoms with E-state index >= 15 is 0 Å². The summed E-state index contributed by atoms with van der Waals surface area (Å²) in [5.74, 6) is 0.156. The molecule has 0 bridgehead atoms. The Labute approximate surface area is 99.4 Å². The van der Waals surface area contributed by atoms with E-state index in [1.54, 1.807) is 0 Å². The maximum Gasteiger partial charge on any atom is 0.304 e. The number of hydrogen-bond acceptors (Lipinski definition) is 2. The van der Waals surface area contributed by atoms with Gasteiger partial charge in [0.15, 0.2) is 0 Å². The van der Waals surface area contributed by atoms with E-state index < -0.39 is 5.97 Å². The first-order chi connectivity index (χ1) is 7.56. The van der Waals surface area contributed by atoms with Crippen molar-refractivity contribution in [1.29, 1.82) is 0 Å². The van der Waals surface area contributed by atoms with Crippen molar-refractivity contribution >= 4 is 5.97 Å². The standard InChI is InChI=1S/C13H27NO2/c1-4-7-8-10(5-2)11(6-3)12(14)9-13(15)16/h10-12H,4-9,14H2,1-3H3,(H,15,16). The van der Waals surface area contributed by atoms with E-state index in [-0.39, 0.29) is 12.5 Å². The molecule has 3 atom stereocenters. The monoisotopic (exact) mass is 229 g/mol. The van der Waals surface area contributed by atoms with E-state index in [1.807, 2.05) is 0 Å². The highest BCUT2D eigenvalue weighted by molar-refractivity contribution is 5.67. The molecule has 16 heavy (non-hydrogen) atoms. The van der Waals surface area contributed by atoms with Crippen molar-refractivity contribution in [3.05, 3.63) is 0 Å². The molecule has 0 rings (SSSR count). The Morgan fingerprint density at radius 2 is 1.88 bits per heavy atom. The number of carbonyl (C=O) groups is 1. The minimum atomic E-state index is -0.781. The van der Waals surface area contributed by atoms with Crippen LogP contribution in [0.25, 0.3) is 0 Å². The van der Waals surface area contributed by atoms with Crippen LogP contribution in [0.4, 0.5) is 0 Å². The Hall–Kier alpha value is -0.570. The first kappa shape index (κ1) is 15.4. The van der Waals surface area contributed by atoms with Crippen LogP contribution >= 0.6 is 0 Å². The lowest BCUT2D eigenvalue weighted by molar-refractivity contribution is -0.137. The summed E-state index contributed by atoms with van der Waals surface area (Å²) in [6.07, 6.45) is 5.78. The lowest BCUT2D eigenvalue weighted by Crippen LogP contribution is -2.36. The van der Waals surface area contributed by atoms with Gasteiger partial charge >= 0.3 is 5.97 Å². The van der Waals surface area contributed by atoms with Crippen molar-refractivity contribution < 1.29 is 9.90 Å². The van der Waals surface area contributed by atoms with E-state index in [9.17, 15) is 4.79 Å². The summed E-state index contributed by atoms with van der Waals surface area (Å²) in [6, 6.07) is -0.190. The molecule has 3 N–H and O–H groups in total. The quantitative estimate of drug-likeness (QED) is 0.638. The molecular weight excluding hydrogens is 202 g/mol. The molecule has 0 radical (unpaired) electrons. The summed E-state index contributed by atoms with van der Waals surface area (Å²) < 4.78 is 0. The van der Waals surface area contributed by atoms with Gasteiger partial charge in [0.25, 0.3) is 0 Å². The van der Waals surface area contributed by atoms with Crippen LogP contribution in [0.1, 0.15) is 59.3 Å². The maximum absolute atomic E-state index is 10.7. The fourth-order valence-electron chi connectivity index (χ4n) is 2.53. The summed E-state index contributed by atoms with van der Waals surface area (Å²) in [5.41, 5.74) is 6.00. The van der Waals surface area contributed by atoms with E-state index in [0.717, 1.165) is 12.8 Å². The van der Waals surface area contributed by atoms with Crippen LogP contribution < -0.4 is 5.73 Å². The Balaban J connectivity index is 4.34. The fourth-order valence-corrected chi connectivity index (χ4v) is 2.53. The van der Waals surface area contributed by atoms with Gasteiger partial charge in [0, 0.05) is 6.04 Å². The average molecular weight is 229 g/mol. The second kappa shape index (κ2) is 8.57. The highest BCUT2D eigenvalue weighted by Crippen LogP contribution is 2.28. The van der Waals surface area contributed by atoms with E-state index in [0.29, 0.717) is 11.8 Å². The van der Waals surface area contributed by atoms with Gasteiger partial charge in [-0.3, -0.25) is 4.79 Å². The van der Waals surface area contributed by atoms with Crippen molar-refractivity contribution in [2.45, 2.75) is 65.3 Å². The van der Waals surface area contributed by atoms with E-state index in [2.05, 4.69) is 20.8 Å². The number of carboxylic acids is 1. The van der Waals surface area contributed by atoms with Crippen molar-refractivity contribution in [3.63, 3.8) is 0 Å². The third-order valence-electron chi connectivity index (χ3n) is 3.49. The topological polar surface area (TPSA) is 63.3 Å². The van der Waals surface area contributed by atoms with Crippen molar-refractivity contribution in [2.24, 2.45) is 17.6 Å². The average Bonchev–Trinajstić information content (AvgIpc) is 2.22. The van der Waals surface area contributed by atoms with Gasteiger partial charge in [0.2, 0.25) is 0 Å². The Morgan fingerprint density at radius 3 is 2.25 bits per heavy atom. The normalized spacial score (nSPS) is 16.8. The Kier molecular flexibility index (Phi) is 8.26. The molecule has 96 valence electrons. The van der Waals surface area contributed by atoms with E-state index in [1.165, 1.54) is 19.3 Å². The largest absolute Gasteiger partial charge is 0.481 e. The predicted octanol–water partition coefficient (Wildman–Crippen LogP) is 3.03. The lowest BCUT2D eigenvalue weighted by atomic mass is 9.79. The highest BCUT2D eigenvalue weighted by Gasteiger charge is 2.25. The zero-order valence-electron chi connectivity index (χ0n) is 10.9. The van der Waals surface area contributed by atoms with Crippen molar-refractivity contribution in [2.75, 3.05) is 0 Å². The maximum atomic E-state index is 10.7. The van der Waals surface area contributed by atoms with Gasteiger partial charge in [-0.15, -0.1) is 0 Å². The molecule has 3 nitrogen and oxygen atoms in total. The molecule has 0 spiro atoms. The SMILES string of the molecule is CCCCC(CC)C(CC)C(N)CC(=O)O. The summed E-state index contributed by atoms with van der Waals surface area (Å²) in [7, 11) is 0. The van der Waals surface area contributed by atoms with E-state index in [4.69, 9.17) is 10.8 Å². The van der Waals surface area contributed by atoms with Crippen LogP contribution in [0.2, 0.25) is 0 Å². The van der Waals surface area contributed by atoms with Gasteiger partial charge < -0.3 is 10.8 Å². The summed E-state index contributed by atoms with van der Waals surface area (Å²) in [4.78, 5) is 10.7. The van der Waals surface area contributed by atoms with Crippen LogP contribution in [-0.4, -0.2) is 17.1 Å². The fraction of sp³-hybridized carbons (Fsp3) is 0.923. The van der Waals surface area contributed by atoms with Gasteiger partial charge in [-0.05, 0) is 11.8 Å². The molecule has 0 aliphatic carbocycles. The third-order valence-corrected chi connectivity index (χ3v) is 3.49. The van der Waals surface area contributed by atoms with Crippen LogP contribution in [0.5, 0.6) is 0 Å². The second-order valence-corrected chi connectivity index (χ2v) is 4.64. The van der Waals surface area contributed by atoms with Crippen LogP contribution in [-0.2, 0) is 4.79 Å². The van der Waals surface area contributed by atoms with Gasteiger partial charge in [-0.1, -0.05) is 52.9 Å². The zero-order valence-corrected chi connectivity index (χ0v) is 10.9. The summed E-state index contributed by atoms with van der Waals surface area (Å²) in [5, 5.41) is 8.78. The minimum absolute atomic E-state index is 0.0983. The molecule has 0 saturated heterocycles. The lowest BCUT2D eigenvalue weighted by Gasteiger charge is -2.29. The summed E-state index contributed by atoms with van der Waals surface area (Å²) in [6.45, 7) is 6.47. The van der Waals surface area contributed by atoms with Crippen molar-refractivity contribution in [1.82, 2.24) is 0 Å². The highest BCUT2D eigenvalue weighted by atomic mass is 16.4. The number of rotatable bonds is 9. The molecule has 0 aromatic rings. The molecule has 3 heteroatoms. The molecule has 0 heterocycles. The summed E-state index contributed by atoms with van der Waals surface area (Å²) >= 11 is 0. The Bertz CT molecular complexity index is 194. The second-order valence-electron chi connectivity index (χ2n) is 4.64. The molecule has 0 aliphatic rings. The van der Waals surface area contributed by atoms with Crippen LogP contribution in [0.3, 0.4) is 0 Å². The minimum Gasteiger partial charge on any atom is -0.481 e. The van der Waals surface area contributed by atoms with Gasteiger partial charge in [-0.25, -0.2) is 0 Å². The third kappa shape index (κ3) is 5.50.